The monoisotopic (exact) mass is 495 g/mol. The van der Waals surface area contributed by atoms with Crippen molar-refractivity contribution in [3.05, 3.63) is 69.9 Å². The summed E-state index contributed by atoms with van der Waals surface area (Å²) in [6.07, 6.45) is 2.97. The zero-order valence-corrected chi connectivity index (χ0v) is 21.0. The van der Waals surface area contributed by atoms with Gasteiger partial charge in [-0.15, -0.1) is 0 Å². The molecule has 184 valence electrons. The molecule has 2 aliphatic heterocycles. The predicted octanol–water partition coefficient (Wildman–Crippen LogP) is 5.14. The van der Waals surface area contributed by atoms with Crippen molar-refractivity contribution in [2.75, 3.05) is 20.8 Å². The molecule has 6 nitrogen and oxygen atoms in total. The summed E-state index contributed by atoms with van der Waals surface area (Å²) in [6, 6.07) is 12.6. The molecule has 1 amide bonds. The molecule has 1 aliphatic carbocycles. The van der Waals surface area contributed by atoms with Crippen molar-refractivity contribution < 1.29 is 23.8 Å². The van der Waals surface area contributed by atoms with Gasteiger partial charge in [0.15, 0.2) is 23.0 Å². The average Bonchev–Trinajstić information content (AvgIpc) is 3.14. The third-order valence-corrected chi connectivity index (χ3v) is 7.69. The van der Waals surface area contributed by atoms with Crippen molar-refractivity contribution in [1.29, 1.82) is 0 Å². The molecular weight excluding hydrogens is 466 g/mol. The van der Waals surface area contributed by atoms with Crippen LogP contribution in [0.3, 0.4) is 0 Å². The second-order valence-electron chi connectivity index (χ2n) is 9.68. The molecule has 4 unspecified atom stereocenters. The fourth-order valence-electron chi connectivity index (χ4n) is 5.66. The number of hydrogen-bond acceptors (Lipinski definition) is 5. The number of carbonyl (C=O) groups excluding carboxylic acids is 2. The molecule has 1 fully saturated rings. The lowest BCUT2D eigenvalue weighted by molar-refractivity contribution is -0.136. The number of rotatable bonds is 6. The molecule has 4 atom stereocenters. The number of nitrogens with zero attached hydrogens (tertiary/aromatic N) is 1. The van der Waals surface area contributed by atoms with E-state index in [1.54, 1.807) is 25.2 Å². The topological polar surface area (TPSA) is 65.1 Å². The minimum absolute atomic E-state index is 0.0507. The van der Waals surface area contributed by atoms with Gasteiger partial charge < -0.3 is 19.1 Å². The fraction of sp³-hybridized carbons (Fsp3) is 0.429. The van der Waals surface area contributed by atoms with Gasteiger partial charge in [0.05, 0.1) is 31.8 Å². The predicted molar refractivity (Wildman–Crippen MR) is 133 cm³/mol. The van der Waals surface area contributed by atoms with Gasteiger partial charge in [0.25, 0.3) is 5.91 Å². The summed E-state index contributed by atoms with van der Waals surface area (Å²) in [5, 5.41) is 0.567. The molecule has 0 saturated heterocycles. The maximum atomic E-state index is 13.8. The minimum atomic E-state index is -0.512. The number of methoxy groups -OCH3 is 2. The van der Waals surface area contributed by atoms with Crippen LogP contribution in [0.25, 0.3) is 0 Å². The van der Waals surface area contributed by atoms with E-state index in [1.165, 1.54) is 0 Å². The van der Waals surface area contributed by atoms with Crippen LogP contribution in [0.15, 0.2) is 53.8 Å². The first kappa shape index (κ1) is 23.7. The highest BCUT2D eigenvalue weighted by Gasteiger charge is 2.52. The van der Waals surface area contributed by atoms with Crippen molar-refractivity contribution in [3.63, 3.8) is 0 Å². The average molecular weight is 496 g/mol. The van der Waals surface area contributed by atoms with Gasteiger partial charge in [-0.25, -0.2) is 0 Å². The Kier molecular flexibility index (Phi) is 6.49. The number of hydrogen-bond donors (Lipinski definition) is 0. The van der Waals surface area contributed by atoms with Crippen LogP contribution in [0.2, 0.25) is 5.02 Å². The number of carbonyl (C=O) groups is 2. The SMILES string of the molecule is COc1ccc(CCN2C(=O)C3=C(C(=O)C4CC(C)CCC4O3)C2c2cccc(Cl)c2)cc1OC. The molecule has 0 spiro atoms. The molecule has 0 N–H and O–H groups in total. The standard InChI is InChI=1S/C28H30ClNO5/c1-16-7-9-21-20(13-16)26(31)24-25(18-5-4-6-19(29)15-18)30(28(32)27(24)35-21)12-11-17-8-10-22(33-2)23(14-17)34-3/h4-6,8,10,14-16,20-21,25H,7,9,11-13H2,1-3H3. The van der Waals surface area contributed by atoms with Gasteiger partial charge in [-0.2, -0.15) is 0 Å². The molecule has 0 radical (unpaired) electrons. The van der Waals surface area contributed by atoms with Crippen LogP contribution in [0, 0.1) is 11.8 Å². The van der Waals surface area contributed by atoms with E-state index in [0.29, 0.717) is 41.0 Å². The fourth-order valence-corrected chi connectivity index (χ4v) is 5.86. The molecule has 35 heavy (non-hydrogen) atoms. The first-order valence-electron chi connectivity index (χ1n) is 12.1. The van der Waals surface area contributed by atoms with Crippen LogP contribution < -0.4 is 9.47 Å². The lowest BCUT2D eigenvalue weighted by atomic mass is 9.74. The molecule has 5 rings (SSSR count). The molecule has 2 aromatic rings. The number of Topliss-reactive ketones (excluding diaryl/α,β-unsaturated/α-hetero) is 1. The zero-order valence-electron chi connectivity index (χ0n) is 20.3. The third-order valence-electron chi connectivity index (χ3n) is 7.46. The number of amides is 1. The van der Waals surface area contributed by atoms with Gasteiger partial charge in [0.2, 0.25) is 0 Å². The second kappa shape index (κ2) is 9.57. The highest BCUT2D eigenvalue weighted by atomic mass is 35.5. The molecule has 0 aromatic heterocycles. The Bertz CT molecular complexity index is 1190. The molecule has 1 saturated carbocycles. The van der Waals surface area contributed by atoms with Gasteiger partial charge in [0, 0.05) is 11.6 Å². The zero-order chi connectivity index (χ0) is 24.7. The number of fused-ring (bicyclic) bond motifs is 1. The van der Waals surface area contributed by atoms with Crippen LogP contribution in [0.4, 0.5) is 0 Å². The minimum Gasteiger partial charge on any atom is -0.493 e. The first-order chi connectivity index (χ1) is 16.9. The van der Waals surface area contributed by atoms with E-state index in [0.717, 1.165) is 30.4 Å². The maximum absolute atomic E-state index is 13.8. The van der Waals surface area contributed by atoms with E-state index in [4.69, 9.17) is 25.8 Å². The molecular formula is C28H30ClNO5. The van der Waals surface area contributed by atoms with E-state index < -0.39 is 6.04 Å². The first-order valence-corrected chi connectivity index (χ1v) is 12.5. The lowest BCUT2D eigenvalue weighted by Gasteiger charge is -2.37. The van der Waals surface area contributed by atoms with Crippen LogP contribution in [0.5, 0.6) is 11.5 Å². The van der Waals surface area contributed by atoms with Crippen LogP contribution in [-0.4, -0.2) is 43.5 Å². The summed E-state index contributed by atoms with van der Waals surface area (Å²) >= 11 is 6.32. The largest absolute Gasteiger partial charge is 0.493 e. The van der Waals surface area contributed by atoms with E-state index in [1.807, 2.05) is 36.4 Å². The molecule has 3 aliphatic rings. The van der Waals surface area contributed by atoms with E-state index in [2.05, 4.69) is 6.92 Å². The number of ether oxygens (including phenoxy) is 3. The van der Waals surface area contributed by atoms with Gasteiger partial charge in [0.1, 0.15) is 6.10 Å². The number of ketones is 1. The molecule has 2 heterocycles. The highest BCUT2D eigenvalue weighted by molar-refractivity contribution is 6.30. The van der Waals surface area contributed by atoms with Crippen molar-refractivity contribution in [3.8, 4) is 11.5 Å². The Labute approximate surface area is 210 Å². The van der Waals surface area contributed by atoms with E-state index >= 15 is 0 Å². The molecule has 0 bridgehead atoms. The Morgan fingerprint density at radius 3 is 2.60 bits per heavy atom. The number of halogens is 1. The van der Waals surface area contributed by atoms with Gasteiger partial charge in [-0.05, 0) is 67.0 Å². The summed E-state index contributed by atoms with van der Waals surface area (Å²) in [6.45, 7) is 2.60. The van der Waals surface area contributed by atoms with Crippen molar-refractivity contribution in [1.82, 2.24) is 4.90 Å². The Morgan fingerprint density at radius 2 is 1.86 bits per heavy atom. The van der Waals surface area contributed by atoms with Crippen molar-refractivity contribution >= 4 is 23.3 Å². The lowest BCUT2D eigenvalue weighted by Crippen LogP contribution is -2.41. The summed E-state index contributed by atoms with van der Waals surface area (Å²) < 4.78 is 17.0. The normalized spacial score (nSPS) is 25.8. The van der Waals surface area contributed by atoms with Crippen LogP contribution in [0.1, 0.15) is 43.4 Å². The van der Waals surface area contributed by atoms with Crippen LogP contribution in [-0.2, 0) is 20.7 Å². The van der Waals surface area contributed by atoms with Crippen molar-refractivity contribution in [2.45, 2.75) is 44.8 Å². The third kappa shape index (κ3) is 4.29. The summed E-state index contributed by atoms with van der Waals surface area (Å²) in [7, 11) is 3.20. The van der Waals surface area contributed by atoms with Gasteiger partial charge >= 0.3 is 0 Å². The quantitative estimate of drug-likeness (QED) is 0.555. The molecule has 2 aromatic carbocycles. The Morgan fingerprint density at radius 1 is 1.06 bits per heavy atom. The van der Waals surface area contributed by atoms with Crippen LogP contribution >= 0.6 is 11.6 Å². The van der Waals surface area contributed by atoms with Crippen molar-refractivity contribution in [2.24, 2.45) is 11.8 Å². The van der Waals surface area contributed by atoms with E-state index in [9.17, 15) is 9.59 Å². The highest BCUT2D eigenvalue weighted by Crippen LogP contribution is 2.47. The van der Waals surface area contributed by atoms with E-state index in [-0.39, 0.29) is 29.5 Å². The smallest absolute Gasteiger partial charge is 0.290 e. The maximum Gasteiger partial charge on any atom is 0.290 e. The Hall–Kier alpha value is -2.99. The summed E-state index contributed by atoms with van der Waals surface area (Å²) in [4.78, 5) is 29.2. The second-order valence-corrected chi connectivity index (χ2v) is 10.1. The summed E-state index contributed by atoms with van der Waals surface area (Å²) in [5.74, 6) is 1.61. The number of benzene rings is 2. The summed E-state index contributed by atoms with van der Waals surface area (Å²) in [5.41, 5.74) is 2.31. The molecule has 7 heteroatoms. The van der Waals surface area contributed by atoms with Gasteiger partial charge in [-0.3, -0.25) is 9.59 Å². The Balaban J connectivity index is 1.48. The van der Waals surface area contributed by atoms with Gasteiger partial charge in [-0.1, -0.05) is 36.7 Å².